The molecule has 1 N–H and O–H groups in total. The second kappa shape index (κ2) is 7.68. The molecule has 2 aromatic carbocycles. The number of fused-ring (bicyclic) bond motifs is 1. The number of carbonyl (C=O) groups excluding carboxylic acids is 1. The van der Waals surface area contributed by atoms with Gasteiger partial charge in [-0.25, -0.2) is 0 Å². The summed E-state index contributed by atoms with van der Waals surface area (Å²) in [6, 6.07) is 17.5. The molecule has 3 aromatic rings. The number of nitrogens with one attached hydrogen (secondary N) is 1. The zero-order valence-electron chi connectivity index (χ0n) is 13.7. The second-order valence-electron chi connectivity index (χ2n) is 5.67. The summed E-state index contributed by atoms with van der Waals surface area (Å²) in [5.41, 5.74) is 0. The Morgan fingerprint density at radius 1 is 1.08 bits per heavy atom. The van der Waals surface area contributed by atoms with Crippen LogP contribution in [0.5, 0.6) is 5.75 Å². The van der Waals surface area contributed by atoms with E-state index in [1.165, 1.54) is 5.39 Å². The fourth-order valence-corrected chi connectivity index (χ4v) is 2.45. The van der Waals surface area contributed by atoms with Gasteiger partial charge in [0.2, 0.25) is 0 Å². The fraction of sp³-hybridized carbons (Fsp3) is 0.250. The molecule has 1 amide bonds. The van der Waals surface area contributed by atoms with Crippen molar-refractivity contribution in [1.82, 2.24) is 5.32 Å². The van der Waals surface area contributed by atoms with Crippen LogP contribution in [0.15, 0.2) is 59.0 Å². The molecule has 0 atom stereocenters. The summed E-state index contributed by atoms with van der Waals surface area (Å²) in [5.74, 6) is 1.55. The van der Waals surface area contributed by atoms with Crippen LogP contribution >= 0.6 is 0 Å². The number of rotatable bonds is 7. The predicted octanol–water partition coefficient (Wildman–Crippen LogP) is 4.54. The van der Waals surface area contributed by atoms with Gasteiger partial charge in [-0.1, -0.05) is 43.7 Å². The van der Waals surface area contributed by atoms with Crippen LogP contribution in [0.25, 0.3) is 10.8 Å². The van der Waals surface area contributed by atoms with Crippen molar-refractivity contribution in [1.29, 1.82) is 0 Å². The van der Waals surface area contributed by atoms with Crippen molar-refractivity contribution in [2.45, 2.75) is 26.4 Å². The summed E-state index contributed by atoms with van der Waals surface area (Å²) in [4.78, 5) is 11.9. The molecule has 0 fully saturated rings. The van der Waals surface area contributed by atoms with Crippen LogP contribution in [0.1, 0.15) is 36.1 Å². The van der Waals surface area contributed by atoms with Crippen LogP contribution in [-0.4, -0.2) is 12.5 Å². The average molecular weight is 323 g/mol. The summed E-state index contributed by atoms with van der Waals surface area (Å²) in [6.07, 6.45) is 2.01. The molecule has 1 aromatic heterocycles. The Bertz CT molecular complexity index is 822. The third-order valence-corrected chi connectivity index (χ3v) is 3.80. The Balaban J connectivity index is 1.59. The molecule has 4 heteroatoms. The van der Waals surface area contributed by atoms with E-state index in [1.807, 2.05) is 36.4 Å². The molecular weight excluding hydrogens is 302 g/mol. The maximum atomic E-state index is 11.9. The maximum Gasteiger partial charge on any atom is 0.286 e. The van der Waals surface area contributed by atoms with Crippen LogP contribution in [-0.2, 0) is 6.61 Å². The molecule has 0 unspecified atom stereocenters. The third-order valence-electron chi connectivity index (χ3n) is 3.80. The van der Waals surface area contributed by atoms with Gasteiger partial charge in [0.25, 0.3) is 5.91 Å². The number of benzene rings is 2. The largest absolute Gasteiger partial charge is 0.486 e. The standard InChI is InChI=1S/C20H21NO3/c1-2-3-12-21-20(22)19-11-10-18(24-19)14-23-17-9-8-15-6-4-5-7-16(15)13-17/h4-11,13H,2-3,12,14H2,1H3,(H,21,22). The number of unbranched alkanes of at least 4 members (excludes halogenated alkanes) is 1. The molecule has 0 bridgehead atoms. The molecule has 0 radical (unpaired) electrons. The van der Waals surface area contributed by atoms with Crippen molar-refractivity contribution >= 4 is 16.7 Å². The zero-order chi connectivity index (χ0) is 16.8. The molecule has 0 spiro atoms. The van der Waals surface area contributed by atoms with E-state index in [1.54, 1.807) is 12.1 Å². The molecular formula is C20H21NO3. The number of ether oxygens (including phenoxy) is 1. The highest BCUT2D eigenvalue weighted by Gasteiger charge is 2.10. The normalized spacial score (nSPS) is 10.7. The Morgan fingerprint density at radius 3 is 2.75 bits per heavy atom. The van der Waals surface area contributed by atoms with Crippen LogP contribution in [0.3, 0.4) is 0 Å². The van der Waals surface area contributed by atoms with Crippen molar-refractivity contribution in [3.63, 3.8) is 0 Å². The van der Waals surface area contributed by atoms with Gasteiger partial charge in [-0.05, 0) is 41.5 Å². The van der Waals surface area contributed by atoms with E-state index in [0.717, 1.165) is 24.0 Å². The summed E-state index contributed by atoms with van der Waals surface area (Å²) >= 11 is 0. The van der Waals surface area contributed by atoms with E-state index in [0.29, 0.717) is 24.7 Å². The molecule has 0 saturated carbocycles. The van der Waals surface area contributed by atoms with Crippen LogP contribution in [0, 0.1) is 0 Å². The summed E-state index contributed by atoms with van der Waals surface area (Å²) in [6.45, 7) is 3.04. The Labute approximate surface area is 141 Å². The van der Waals surface area contributed by atoms with Gasteiger partial charge in [-0.15, -0.1) is 0 Å². The third kappa shape index (κ3) is 3.96. The monoisotopic (exact) mass is 323 g/mol. The highest BCUT2D eigenvalue weighted by Crippen LogP contribution is 2.21. The minimum atomic E-state index is -0.180. The molecule has 124 valence electrons. The predicted molar refractivity (Wildman–Crippen MR) is 94.2 cm³/mol. The topological polar surface area (TPSA) is 51.5 Å². The molecule has 4 nitrogen and oxygen atoms in total. The van der Waals surface area contributed by atoms with Gasteiger partial charge in [0.15, 0.2) is 5.76 Å². The Hall–Kier alpha value is -2.75. The minimum Gasteiger partial charge on any atom is -0.486 e. The first kappa shape index (κ1) is 16.1. The quantitative estimate of drug-likeness (QED) is 0.649. The van der Waals surface area contributed by atoms with Gasteiger partial charge in [0.1, 0.15) is 18.1 Å². The van der Waals surface area contributed by atoms with Gasteiger partial charge < -0.3 is 14.5 Å². The second-order valence-corrected chi connectivity index (χ2v) is 5.67. The first-order valence-corrected chi connectivity index (χ1v) is 8.25. The lowest BCUT2D eigenvalue weighted by Gasteiger charge is -2.06. The molecule has 1 heterocycles. The van der Waals surface area contributed by atoms with Crippen molar-refractivity contribution in [2.24, 2.45) is 0 Å². The van der Waals surface area contributed by atoms with Gasteiger partial charge in [0.05, 0.1) is 0 Å². The molecule has 3 rings (SSSR count). The lowest BCUT2D eigenvalue weighted by atomic mass is 10.1. The number of amides is 1. The van der Waals surface area contributed by atoms with E-state index in [9.17, 15) is 4.79 Å². The van der Waals surface area contributed by atoms with E-state index >= 15 is 0 Å². The highest BCUT2D eigenvalue weighted by molar-refractivity contribution is 5.91. The van der Waals surface area contributed by atoms with E-state index in [4.69, 9.17) is 9.15 Å². The van der Waals surface area contributed by atoms with Crippen LogP contribution in [0.2, 0.25) is 0 Å². The van der Waals surface area contributed by atoms with Crippen molar-refractivity contribution < 1.29 is 13.9 Å². The SMILES string of the molecule is CCCCNC(=O)c1ccc(COc2ccc3ccccc3c2)o1. The smallest absolute Gasteiger partial charge is 0.286 e. The number of carbonyl (C=O) groups is 1. The number of hydrogen-bond acceptors (Lipinski definition) is 3. The maximum absolute atomic E-state index is 11.9. The van der Waals surface area contributed by atoms with Crippen molar-refractivity contribution in [3.05, 3.63) is 66.1 Å². The minimum absolute atomic E-state index is 0.180. The van der Waals surface area contributed by atoms with Gasteiger partial charge >= 0.3 is 0 Å². The molecule has 0 aliphatic carbocycles. The fourth-order valence-electron chi connectivity index (χ4n) is 2.45. The van der Waals surface area contributed by atoms with Gasteiger partial charge in [0, 0.05) is 6.54 Å². The Morgan fingerprint density at radius 2 is 1.92 bits per heavy atom. The van der Waals surface area contributed by atoms with Crippen LogP contribution in [0.4, 0.5) is 0 Å². The van der Waals surface area contributed by atoms with Crippen LogP contribution < -0.4 is 10.1 Å². The average Bonchev–Trinajstić information content (AvgIpc) is 3.09. The molecule has 24 heavy (non-hydrogen) atoms. The Kier molecular flexibility index (Phi) is 5.16. The van der Waals surface area contributed by atoms with Crippen molar-refractivity contribution in [3.8, 4) is 5.75 Å². The van der Waals surface area contributed by atoms with Gasteiger partial charge in [-0.2, -0.15) is 0 Å². The van der Waals surface area contributed by atoms with Crippen molar-refractivity contribution in [2.75, 3.05) is 6.54 Å². The number of hydrogen-bond donors (Lipinski definition) is 1. The molecule has 0 aliphatic heterocycles. The van der Waals surface area contributed by atoms with E-state index < -0.39 is 0 Å². The lowest BCUT2D eigenvalue weighted by Crippen LogP contribution is -2.23. The first-order chi connectivity index (χ1) is 11.8. The highest BCUT2D eigenvalue weighted by atomic mass is 16.5. The van der Waals surface area contributed by atoms with E-state index in [-0.39, 0.29) is 5.91 Å². The summed E-state index contributed by atoms with van der Waals surface area (Å²) in [7, 11) is 0. The van der Waals surface area contributed by atoms with E-state index in [2.05, 4.69) is 18.3 Å². The number of furan rings is 1. The summed E-state index contributed by atoms with van der Waals surface area (Å²) < 4.78 is 11.3. The summed E-state index contributed by atoms with van der Waals surface area (Å²) in [5, 5.41) is 5.14. The zero-order valence-corrected chi connectivity index (χ0v) is 13.7. The van der Waals surface area contributed by atoms with Gasteiger partial charge in [-0.3, -0.25) is 4.79 Å². The molecule has 0 aliphatic rings. The first-order valence-electron chi connectivity index (χ1n) is 8.25. The lowest BCUT2D eigenvalue weighted by molar-refractivity contribution is 0.0921. The molecule has 0 saturated heterocycles.